The molecular weight excluding hydrogens is 479 g/mol. The summed E-state index contributed by atoms with van der Waals surface area (Å²) < 4.78 is 42.2. The molecule has 1 fully saturated rings. The third kappa shape index (κ3) is 7.13. The number of ether oxygens (including phenoxy) is 1. The van der Waals surface area contributed by atoms with Crippen LogP contribution < -0.4 is 20.7 Å². The first-order valence-electron chi connectivity index (χ1n) is 11.6. The number of aromatic amines is 1. The van der Waals surface area contributed by atoms with E-state index >= 15 is 0 Å². The van der Waals surface area contributed by atoms with Gasteiger partial charge >= 0.3 is 6.36 Å². The lowest BCUT2D eigenvalue weighted by molar-refractivity contribution is -0.274. The Kier molecular flexibility index (Phi) is 8.45. The van der Waals surface area contributed by atoms with Crippen molar-refractivity contribution in [3.63, 3.8) is 0 Å². The average Bonchev–Trinajstić information content (AvgIpc) is 3.24. The molecule has 4 N–H and O–H groups in total. The van der Waals surface area contributed by atoms with Gasteiger partial charge in [-0.05, 0) is 49.8 Å². The van der Waals surface area contributed by atoms with Gasteiger partial charge in [-0.2, -0.15) is 5.26 Å². The molecule has 0 bridgehead atoms. The molecule has 1 aliphatic heterocycles. The minimum absolute atomic E-state index is 0.000195. The molecule has 1 aliphatic rings. The molecular formula is C24H28F3N5O4. The Labute approximate surface area is 205 Å². The Morgan fingerprint density at radius 3 is 2.67 bits per heavy atom. The van der Waals surface area contributed by atoms with Crippen LogP contribution in [0.25, 0.3) is 10.9 Å². The summed E-state index contributed by atoms with van der Waals surface area (Å²) >= 11 is 0. The van der Waals surface area contributed by atoms with Gasteiger partial charge in [-0.1, -0.05) is 19.9 Å². The zero-order valence-electron chi connectivity index (χ0n) is 19.9. The van der Waals surface area contributed by atoms with Crippen LogP contribution in [-0.2, 0) is 9.59 Å². The lowest BCUT2D eigenvalue weighted by atomic mass is 9.91. The van der Waals surface area contributed by atoms with E-state index in [1.54, 1.807) is 0 Å². The van der Waals surface area contributed by atoms with E-state index in [9.17, 15) is 32.8 Å². The fourth-order valence-electron chi connectivity index (χ4n) is 4.16. The monoisotopic (exact) mass is 507 g/mol. The summed E-state index contributed by atoms with van der Waals surface area (Å²) in [5.41, 5.74) is 0.197. The zero-order chi connectivity index (χ0) is 26.5. The summed E-state index contributed by atoms with van der Waals surface area (Å²) in [6.45, 7) is 4.29. The van der Waals surface area contributed by atoms with E-state index in [1.807, 2.05) is 19.9 Å². The van der Waals surface area contributed by atoms with Crippen LogP contribution in [0, 0.1) is 23.2 Å². The lowest BCUT2D eigenvalue weighted by Crippen LogP contribution is -2.51. The third-order valence-corrected chi connectivity index (χ3v) is 5.82. The number of hydrogen-bond acceptors (Lipinski definition) is 5. The first-order chi connectivity index (χ1) is 17.0. The van der Waals surface area contributed by atoms with Crippen LogP contribution in [0.15, 0.2) is 24.3 Å². The lowest BCUT2D eigenvalue weighted by Gasteiger charge is -2.25. The number of fused-ring (bicyclic) bond motifs is 1. The minimum atomic E-state index is -4.90. The molecule has 3 rings (SSSR count). The maximum Gasteiger partial charge on any atom is 0.573 e. The fraction of sp³-hybridized carbons (Fsp3) is 0.500. The summed E-state index contributed by atoms with van der Waals surface area (Å²) in [7, 11) is 0. The number of hydrogen-bond donors (Lipinski definition) is 4. The van der Waals surface area contributed by atoms with E-state index < -0.39 is 36.0 Å². The van der Waals surface area contributed by atoms with E-state index in [1.165, 1.54) is 18.2 Å². The second kappa shape index (κ2) is 11.3. The smallest absolute Gasteiger partial charge is 0.405 e. The summed E-state index contributed by atoms with van der Waals surface area (Å²) in [6.07, 6.45) is -3.09. The average molecular weight is 508 g/mol. The number of rotatable bonds is 9. The van der Waals surface area contributed by atoms with Gasteiger partial charge in [0.2, 0.25) is 11.8 Å². The van der Waals surface area contributed by atoms with Gasteiger partial charge < -0.3 is 25.7 Å². The van der Waals surface area contributed by atoms with Crippen molar-refractivity contribution in [3.05, 3.63) is 30.0 Å². The number of nitriles is 1. The van der Waals surface area contributed by atoms with E-state index in [-0.39, 0.29) is 47.2 Å². The second-order valence-electron chi connectivity index (χ2n) is 9.16. The number of carbonyl (C=O) groups excluding carboxylic acids is 3. The molecule has 2 heterocycles. The summed E-state index contributed by atoms with van der Waals surface area (Å²) in [5, 5.41) is 17.5. The van der Waals surface area contributed by atoms with E-state index in [0.29, 0.717) is 13.0 Å². The van der Waals surface area contributed by atoms with Gasteiger partial charge in [-0.25, -0.2) is 0 Å². The van der Waals surface area contributed by atoms with Crippen LogP contribution in [0.2, 0.25) is 0 Å². The van der Waals surface area contributed by atoms with E-state index in [4.69, 9.17) is 0 Å². The molecule has 1 aromatic carbocycles. The summed E-state index contributed by atoms with van der Waals surface area (Å²) in [6, 6.07) is 5.27. The highest BCUT2D eigenvalue weighted by molar-refractivity contribution is 6.01. The summed E-state index contributed by atoms with van der Waals surface area (Å²) in [5.74, 6) is -2.30. The van der Waals surface area contributed by atoms with Crippen LogP contribution in [0.1, 0.15) is 50.0 Å². The number of benzene rings is 1. The van der Waals surface area contributed by atoms with Gasteiger partial charge in [-0.15, -0.1) is 13.2 Å². The van der Waals surface area contributed by atoms with Crippen molar-refractivity contribution in [1.29, 1.82) is 5.26 Å². The Bertz CT molecular complexity index is 1150. The number of carbonyl (C=O) groups is 3. The molecule has 0 aliphatic carbocycles. The molecule has 0 unspecified atom stereocenters. The third-order valence-electron chi connectivity index (χ3n) is 5.82. The Morgan fingerprint density at radius 1 is 1.28 bits per heavy atom. The highest BCUT2D eigenvalue weighted by Gasteiger charge is 2.33. The molecule has 1 saturated heterocycles. The Hall–Kier alpha value is -3.75. The first-order valence-corrected chi connectivity index (χ1v) is 11.6. The normalized spacial score (nSPS) is 17.7. The van der Waals surface area contributed by atoms with Gasteiger partial charge in [0.15, 0.2) is 0 Å². The SMILES string of the molecule is CC(C)C[C@H](NC(=O)c1cc2c(OC(F)(F)F)cccc2[nH]1)C(=O)N[C@H](C#N)C[C@@H]1CCCNC1=O. The fourth-order valence-corrected chi connectivity index (χ4v) is 4.16. The maximum atomic E-state index is 13.0. The largest absolute Gasteiger partial charge is 0.573 e. The van der Waals surface area contributed by atoms with Crippen LogP contribution in [0.3, 0.4) is 0 Å². The Balaban J connectivity index is 1.73. The molecule has 9 nitrogen and oxygen atoms in total. The van der Waals surface area contributed by atoms with Gasteiger partial charge in [0.25, 0.3) is 5.91 Å². The van der Waals surface area contributed by atoms with Crippen LogP contribution in [0.5, 0.6) is 5.75 Å². The molecule has 0 spiro atoms. The first kappa shape index (κ1) is 26.8. The number of nitrogens with zero attached hydrogens (tertiary/aromatic N) is 1. The molecule has 0 saturated carbocycles. The molecule has 194 valence electrons. The van der Waals surface area contributed by atoms with Gasteiger partial charge in [0, 0.05) is 23.4 Å². The predicted octanol–water partition coefficient (Wildman–Crippen LogP) is 3.14. The van der Waals surface area contributed by atoms with Gasteiger partial charge in [-0.3, -0.25) is 14.4 Å². The predicted molar refractivity (Wildman–Crippen MR) is 124 cm³/mol. The number of amides is 3. The van der Waals surface area contributed by atoms with Crippen LogP contribution >= 0.6 is 0 Å². The van der Waals surface area contributed by atoms with Crippen molar-refractivity contribution in [3.8, 4) is 11.8 Å². The molecule has 2 aromatic rings. The molecule has 1 aromatic heterocycles. The van der Waals surface area contributed by atoms with Crippen molar-refractivity contribution in [2.24, 2.45) is 11.8 Å². The topological polar surface area (TPSA) is 136 Å². The standard InChI is InChI=1S/C24H28F3N5O4/c1-13(2)9-18(22(34)30-15(12-28)10-14-5-4-8-29-21(14)33)32-23(35)19-11-16-17(31-19)6-3-7-20(16)36-24(25,26)27/h3,6-7,11,13-15,18,31H,4-5,8-10H2,1-2H3,(H,29,33)(H,30,34)(H,32,35)/t14-,15-,18-/m0/s1. The number of alkyl halides is 3. The van der Waals surface area contributed by atoms with Gasteiger partial charge in [0.05, 0.1) is 6.07 Å². The van der Waals surface area contributed by atoms with E-state index in [0.717, 1.165) is 12.5 Å². The summed E-state index contributed by atoms with van der Waals surface area (Å²) in [4.78, 5) is 40.7. The molecule has 0 radical (unpaired) electrons. The number of H-pyrrole nitrogens is 1. The highest BCUT2D eigenvalue weighted by Crippen LogP contribution is 2.31. The van der Waals surface area contributed by atoms with Crippen molar-refractivity contribution in [2.45, 2.75) is 58.0 Å². The quantitative estimate of drug-likeness (QED) is 0.414. The number of piperidine rings is 1. The Morgan fingerprint density at radius 2 is 2.03 bits per heavy atom. The van der Waals surface area contributed by atoms with Crippen molar-refractivity contribution in [2.75, 3.05) is 6.54 Å². The van der Waals surface area contributed by atoms with Crippen molar-refractivity contribution < 1.29 is 32.3 Å². The van der Waals surface area contributed by atoms with E-state index in [2.05, 4.69) is 25.7 Å². The maximum absolute atomic E-state index is 13.0. The molecule has 36 heavy (non-hydrogen) atoms. The van der Waals surface area contributed by atoms with Gasteiger partial charge in [0.1, 0.15) is 23.5 Å². The second-order valence-corrected chi connectivity index (χ2v) is 9.16. The van der Waals surface area contributed by atoms with Crippen molar-refractivity contribution in [1.82, 2.24) is 20.9 Å². The van der Waals surface area contributed by atoms with Crippen molar-refractivity contribution >= 4 is 28.6 Å². The molecule has 3 atom stereocenters. The van der Waals surface area contributed by atoms with Crippen LogP contribution in [0.4, 0.5) is 13.2 Å². The molecule has 12 heteroatoms. The number of nitrogens with one attached hydrogen (secondary N) is 4. The highest BCUT2D eigenvalue weighted by atomic mass is 19.4. The minimum Gasteiger partial charge on any atom is -0.405 e. The molecule has 3 amide bonds. The van der Waals surface area contributed by atoms with Crippen LogP contribution in [-0.4, -0.2) is 47.7 Å². The number of halogens is 3. The number of aromatic nitrogens is 1. The zero-order valence-corrected chi connectivity index (χ0v) is 19.9.